The first-order chi connectivity index (χ1) is 8.85. The Morgan fingerprint density at radius 1 is 1.47 bits per heavy atom. The van der Waals surface area contributed by atoms with Crippen LogP contribution in [-0.2, 0) is 20.8 Å². The molecule has 0 fully saturated rings. The third kappa shape index (κ3) is 5.23. The normalized spacial score (nSPS) is 14.9. The predicted octanol–water partition coefficient (Wildman–Crippen LogP) is -0.197. The minimum Gasteiger partial charge on any atom is -0.308 e. The van der Waals surface area contributed by atoms with E-state index < -0.39 is 20.8 Å². The van der Waals surface area contributed by atoms with Crippen LogP contribution >= 0.6 is 0 Å². The molecule has 0 saturated carbocycles. The molecule has 19 heavy (non-hydrogen) atoms. The number of hydrogen-bond acceptors (Lipinski definition) is 6. The van der Waals surface area contributed by atoms with E-state index in [4.69, 9.17) is 5.84 Å². The standard InChI is InChI=1S/C10H18N4O3S2/c1-8(5-6-18(2)15)14-19(16,17)9-3-4-10(13-11)12-7-9/h3-4,7-8,14H,5-6,11H2,1-2H3,(H,12,13). The highest BCUT2D eigenvalue weighted by atomic mass is 32.2. The zero-order chi connectivity index (χ0) is 14.5. The highest BCUT2D eigenvalue weighted by Gasteiger charge is 2.17. The number of nitrogens with zero attached hydrogens (tertiary/aromatic N) is 1. The molecule has 1 aromatic rings. The number of hydrogen-bond donors (Lipinski definition) is 3. The van der Waals surface area contributed by atoms with Gasteiger partial charge in [0.15, 0.2) is 0 Å². The molecule has 1 heterocycles. The minimum absolute atomic E-state index is 0.0657. The van der Waals surface area contributed by atoms with E-state index in [1.807, 2.05) is 0 Å². The van der Waals surface area contributed by atoms with Crippen molar-refractivity contribution in [1.82, 2.24) is 9.71 Å². The topological polar surface area (TPSA) is 114 Å². The third-order valence-corrected chi connectivity index (χ3v) is 4.77. The first kappa shape index (κ1) is 16.0. The summed E-state index contributed by atoms with van der Waals surface area (Å²) in [5.41, 5.74) is 2.32. The lowest BCUT2D eigenvalue weighted by Crippen LogP contribution is -2.33. The van der Waals surface area contributed by atoms with Gasteiger partial charge in [0, 0.05) is 35.0 Å². The SMILES string of the molecule is CC(CCS(C)=O)NS(=O)(=O)c1ccc(NN)nc1. The summed E-state index contributed by atoms with van der Waals surface area (Å²) in [7, 11) is -4.55. The van der Waals surface area contributed by atoms with Crippen LogP contribution in [0.4, 0.5) is 5.82 Å². The molecule has 0 radical (unpaired) electrons. The van der Waals surface area contributed by atoms with Gasteiger partial charge in [-0.2, -0.15) is 0 Å². The summed E-state index contributed by atoms with van der Waals surface area (Å²) in [6.07, 6.45) is 3.32. The van der Waals surface area contributed by atoms with Crippen LogP contribution in [0.5, 0.6) is 0 Å². The summed E-state index contributed by atoms with van der Waals surface area (Å²) >= 11 is 0. The fourth-order valence-corrected chi connectivity index (χ4v) is 3.27. The van der Waals surface area contributed by atoms with Gasteiger partial charge in [-0.25, -0.2) is 24.0 Å². The van der Waals surface area contributed by atoms with E-state index in [1.54, 1.807) is 13.2 Å². The number of anilines is 1. The van der Waals surface area contributed by atoms with E-state index in [0.29, 0.717) is 18.0 Å². The van der Waals surface area contributed by atoms with Gasteiger partial charge in [0.05, 0.1) is 0 Å². The van der Waals surface area contributed by atoms with Crippen molar-refractivity contribution in [3.63, 3.8) is 0 Å². The molecule has 1 aromatic heterocycles. The number of nitrogen functional groups attached to an aromatic ring is 1. The summed E-state index contributed by atoms with van der Waals surface area (Å²) in [6, 6.07) is 2.59. The summed E-state index contributed by atoms with van der Waals surface area (Å²) in [5.74, 6) is 5.99. The average Bonchev–Trinajstić information content (AvgIpc) is 2.36. The highest BCUT2D eigenvalue weighted by molar-refractivity contribution is 7.89. The Morgan fingerprint density at radius 2 is 2.16 bits per heavy atom. The summed E-state index contributed by atoms with van der Waals surface area (Å²) < 4.78 is 37.5. The largest absolute Gasteiger partial charge is 0.308 e. The van der Waals surface area contributed by atoms with Crippen LogP contribution in [0.15, 0.2) is 23.2 Å². The Kier molecular flexibility index (Phi) is 5.85. The van der Waals surface area contributed by atoms with E-state index in [0.717, 1.165) is 0 Å². The maximum Gasteiger partial charge on any atom is 0.242 e. The zero-order valence-corrected chi connectivity index (χ0v) is 12.4. The Morgan fingerprint density at radius 3 is 2.63 bits per heavy atom. The van der Waals surface area contributed by atoms with Crippen molar-refractivity contribution in [3.05, 3.63) is 18.3 Å². The van der Waals surface area contributed by atoms with E-state index in [2.05, 4.69) is 15.1 Å². The van der Waals surface area contributed by atoms with Gasteiger partial charge in [0.25, 0.3) is 0 Å². The van der Waals surface area contributed by atoms with Crippen LogP contribution < -0.4 is 16.0 Å². The van der Waals surface area contributed by atoms with Crippen LogP contribution in [0.3, 0.4) is 0 Å². The molecule has 0 spiro atoms. The van der Waals surface area contributed by atoms with Crippen molar-refractivity contribution >= 4 is 26.6 Å². The summed E-state index contributed by atoms with van der Waals surface area (Å²) in [4.78, 5) is 3.91. The van der Waals surface area contributed by atoms with Gasteiger partial charge in [0.1, 0.15) is 10.7 Å². The number of sulfonamides is 1. The number of pyridine rings is 1. The predicted molar refractivity (Wildman–Crippen MR) is 75.4 cm³/mol. The second-order valence-corrected chi connectivity index (χ2v) is 7.38. The van der Waals surface area contributed by atoms with E-state index in [-0.39, 0.29) is 10.9 Å². The van der Waals surface area contributed by atoms with E-state index in [9.17, 15) is 12.6 Å². The zero-order valence-electron chi connectivity index (χ0n) is 10.8. The van der Waals surface area contributed by atoms with Crippen LogP contribution in [0.1, 0.15) is 13.3 Å². The molecular formula is C10H18N4O3S2. The molecule has 0 bridgehead atoms. The van der Waals surface area contributed by atoms with Crippen molar-refractivity contribution in [2.75, 3.05) is 17.4 Å². The number of nitrogens with two attached hydrogens (primary N) is 1. The van der Waals surface area contributed by atoms with Crippen LogP contribution in [0, 0.1) is 0 Å². The molecule has 0 aromatic carbocycles. The fraction of sp³-hybridized carbons (Fsp3) is 0.500. The Hall–Kier alpha value is -1.03. The molecule has 0 aliphatic rings. The molecule has 0 amide bonds. The summed E-state index contributed by atoms with van der Waals surface area (Å²) in [5, 5.41) is 0. The second kappa shape index (κ2) is 6.94. The molecule has 1 rings (SSSR count). The van der Waals surface area contributed by atoms with Crippen LogP contribution in [0.2, 0.25) is 0 Å². The molecule has 2 atom stereocenters. The van der Waals surface area contributed by atoms with Gasteiger partial charge >= 0.3 is 0 Å². The van der Waals surface area contributed by atoms with Gasteiger partial charge in [-0.05, 0) is 25.5 Å². The first-order valence-corrected chi connectivity index (χ1v) is 8.81. The molecule has 9 heteroatoms. The molecule has 7 nitrogen and oxygen atoms in total. The highest BCUT2D eigenvalue weighted by Crippen LogP contribution is 2.11. The second-order valence-electron chi connectivity index (χ2n) is 4.11. The third-order valence-electron chi connectivity index (χ3n) is 2.39. The summed E-state index contributed by atoms with van der Waals surface area (Å²) in [6.45, 7) is 1.73. The number of hydrazine groups is 1. The van der Waals surface area contributed by atoms with Gasteiger partial charge in [-0.3, -0.25) is 4.21 Å². The van der Waals surface area contributed by atoms with Crippen molar-refractivity contribution in [3.8, 4) is 0 Å². The van der Waals surface area contributed by atoms with Gasteiger partial charge in [-0.1, -0.05) is 0 Å². The maximum absolute atomic E-state index is 12.0. The monoisotopic (exact) mass is 306 g/mol. The quantitative estimate of drug-likeness (QED) is 0.475. The van der Waals surface area contributed by atoms with Crippen LogP contribution in [0.25, 0.3) is 0 Å². The Labute approximate surface area is 115 Å². The molecule has 0 aliphatic carbocycles. The van der Waals surface area contributed by atoms with Crippen LogP contribution in [-0.4, -0.2) is 35.7 Å². The van der Waals surface area contributed by atoms with Gasteiger partial charge < -0.3 is 5.43 Å². The van der Waals surface area contributed by atoms with Crippen molar-refractivity contribution < 1.29 is 12.6 Å². The molecule has 108 valence electrons. The Balaban J connectivity index is 2.71. The number of nitrogens with one attached hydrogen (secondary N) is 2. The molecule has 4 N–H and O–H groups in total. The van der Waals surface area contributed by atoms with Crippen molar-refractivity contribution in [1.29, 1.82) is 0 Å². The smallest absolute Gasteiger partial charge is 0.242 e. The molecule has 2 unspecified atom stereocenters. The molecular weight excluding hydrogens is 288 g/mol. The first-order valence-electron chi connectivity index (χ1n) is 5.60. The molecule has 0 saturated heterocycles. The lowest BCUT2D eigenvalue weighted by molar-refractivity contribution is 0.555. The van der Waals surface area contributed by atoms with Gasteiger partial charge in [0.2, 0.25) is 10.0 Å². The average molecular weight is 306 g/mol. The van der Waals surface area contributed by atoms with Crippen molar-refractivity contribution in [2.24, 2.45) is 5.84 Å². The number of aromatic nitrogens is 1. The lowest BCUT2D eigenvalue weighted by atomic mass is 10.3. The lowest BCUT2D eigenvalue weighted by Gasteiger charge is -2.13. The van der Waals surface area contributed by atoms with E-state index in [1.165, 1.54) is 18.3 Å². The van der Waals surface area contributed by atoms with Crippen molar-refractivity contribution in [2.45, 2.75) is 24.3 Å². The minimum atomic E-state index is -3.61. The van der Waals surface area contributed by atoms with Gasteiger partial charge in [-0.15, -0.1) is 0 Å². The fourth-order valence-electron chi connectivity index (χ4n) is 1.36. The van der Waals surface area contributed by atoms with E-state index >= 15 is 0 Å². The maximum atomic E-state index is 12.0. The molecule has 0 aliphatic heterocycles. The number of rotatable bonds is 7. The Bertz CT molecular complexity index is 530.